The van der Waals surface area contributed by atoms with Crippen molar-refractivity contribution in [3.63, 3.8) is 0 Å². The van der Waals surface area contributed by atoms with Crippen LogP contribution in [0.1, 0.15) is 6.42 Å². The van der Waals surface area contributed by atoms with Gasteiger partial charge in [0.15, 0.2) is 0 Å². The number of rotatable bonds is 7. The maximum absolute atomic E-state index is 12.0. The molecule has 0 fully saturated rings. The number of nitrogens with two attached hydrogens (primary N) is 1. The van der Waals surface area contributed by atoms with Gasteiger partial charge in [0.2, 0.25) is 5.91 Å². The first-order valence-corrected chi connectivity index (χ1v) is 4.21. The van der Waals surface area contributed by atoms with Gasteiger partial charge in [-0.05, 0) is 0 Å². The minimum Gasteiger partial charge on any atom is -0.395 e. The molecule has 0 saturated carbocycles. The molecule has 14 heavy (non-hydrogen) atoms. The molecule has 0 aromatic carbocycles. The van der Waals surface area contributed by atoms with E-state index in [-0.39, 0.29) is 26.1 Å². The van der Waals surface area contributed by atoms with Crippen molar-refractivity contribution in [2.75, 3.05) is 26.2 Å². The standard InChI is InChI=1S/C7H15F2N3O2/c8-6(9)5-12(3-4-13)2-1-7(14)11-10/h6,13H,1-5,10H2,(H,11,14). The zero-order valence-electron chi connectivity index (χ0n) is 7.75. The predicted octanol–water partition coefficient (Wildman–Crippen LogP) is -1.07. The number of hydrazine groups is 1. The van der Waals surface area contributed by atoms with Gasteiger partial charge in [-0.25, -0.2) is 14.6 Å². The number of hydrogen-bond donors (Lipinski definition) is 3. The monoisotopic (exact) mass is 211 g/mol. The average molecular weight is 211 g/mol. The predicted molar refractivity (Wildman–Crippen MR) is 46.5 cm³/mol. The van der Waals surface area contributed by atoms with Gasteiger partial charge in [0.25, 0.3) is 6.43 Å². The molecule has 0 aromatic heterocycles. The van der Waals surface area contributed by atoms with Crippen molar-refractivity contribution in [1.29, 1.82) is 0 Å². The molecule has 0 atom stereocenters. The molecule has 0 radical (unpaired) electrons. The van der Waals surface area contributed by atoms with Gasteiger partial charge in [-0.2, -0.15) is 0 Å². The van der Waals surface area contributed by atoms with Crippen molar-refractivity contribution in [2.45, 2.75) is 12.8 Å². The van der Waals surface area contributed by atoms with Crippen molar-refractivity contribution in [3.8, 4) is 0 Å². The van der Waals surface area contributed by atoms with E-state index in [4.69, 9.17) is 10.9 Å². The van der Waals surface area contributed by atoms with Crippen LogP contribution in [0.15, 0.2) is 0 Å². The van der Waals surface area contributed by atoms with Crippen LogP contribution in [0.3, 0.4) is 0 Å². The molecule has 4 N–H and O–H groups in total. The highest BCUT2D eigenvalue weighted by molar-refractivity contribution is 5.75. The summed E-state index contributed by atoms with van der Waals surface area (Å²) >= 11 is 0. The van der Waals surface area contributed by atoms with E-state index in [2.05, 4.69) is 0 Å². The zero-order chi connectivity index (χ0) is 11.0. The van der Waals surface area contributed by atoms with E-state index in [0.29, 0.717) is 0 Å². The quantitative estimate of drug-likeness (QED) is 0.284. The Balaban J connectivity index is 3.77. The number of carbonyl (C=O) groups is 1. The van der Waals surface area contributed by atoms with Gasteiger partial charge < -0.3 is 5.11 Å². The molecule has 0 aliphatic carbocycles. The highest BCUT2D eigenvalue weighted by atomic mass is 19.3. The van der Waals surface area contributed by atoms with Gasteiger partial charge in [0.05, 0.1) is 13.2 Å². The summed E-state index contributed by atoms with van der Waals surface area (Å²) in [6.45, 7) is -0.370. The topological polar surface area (TPSA) is 78.6 Å². The number of nitrogens with one attached hydrogen (secondary N) is 1. The van der Waals surface area contributed by atoms with Crippen LogP contribution in [0.5, 0.6) is 0 Å². The SMILES string of the molecule is NNC(=O)CCN(CCO)CC(F)F. The molecule has 0 spiro atoms. The highest BCUT2D eigenvalue weighted by Crippen LogP contribution is 1.99. The number of nitrogens with zero attached hydrogens (tertiary/aromatic N) is 1. The normalized spacial score (nSPS) is 11.0. The van der Waals surface area contributed by atoms with Crippen LogP contribution >= 0.6 is 0 Å². The number of halogens is 2. The van der Waals surface area contributed by atoms with Crippen LogP contribution in [-0.2, 0) is 4.79 Å². The lowest BCUT2D eigenvalue weighted by Gasteiger charge is -2.19. The molecule has 0 aliphatic heterocycles. The van der Waals surface area contributed by atoms with Crippen molar-refractivity contribution < 1.29 is 18.7 Å². The number of alkyl halides is 2. The van der Waals surface area contributed by atoms with Crippen LogP contribution in [0, 0.1) is 0 Å². The Labute approximate surface area is 80.8 Å². The summed E-state index contributed by atoms with van der Waals surface area (Å²) in [5.74, 6) is 4.40. The fraction of sp³-hybridized carbons (Fsp3) is 0.857. The Morgan fingerprint density at radius 1 is 1.50 bits per heavy atom. The molecule has 7 heteroatoms. The summed E-state index contributed by atoms with van der Waals surface area (Å²) in [6, 6.07) is 0. The van der Waals surface area contributed by atoms with Gasteiger partial charge in [-0.15, -0.1) is 0 Å². The van der Waals surface area contributed by atoms with E-state index < -0.39 is 18.9 Å². The van der Waals surface area contributed by atoms with E-state index in [1.807, 2.05) is 5.43 Å². The van der Waals surface area contributed by atoms with Gasteiger partial charge in [0, 0.05) is 19.5 Å². The Morgan fingerprint density at radius 3 is 2.57 bits per heavy atom. The van der Waals surface area contributed by atoms with E-state index in [1.165, 1.54) is 4.90 Å². The van der Waals surface area contributed by atoms with Crippen molar-refractivity contribution in [1.82, 2.24) is 10.3 Å². The van der Waals surface area contributed by atoms with Gasteiger partial charge in [-0.1, -0.05) is 0 Å². The number of hydrogen-bond acceptors (Lipinski definition) is 4. The van der Waals surface area contributed by atoms with Gasteiger partial charge in [0.1, 0.15) is 0 Å². The molecular weight excluding hydrogens is 196 g/mol. The number of aliphatic hydroxyl groups excluding tert-OH is 1. The second-order valence-corrected chi connectivity index (χ2v) is 2.73. The van der Waals surface area contributed by atoms with Crippen LogP contribution < -0.4 is 11.3 Å². The minimum absolute atomic E-state index is 0.0449. The maximum atomic E-state index is 12.0. The Hall–Kier alpha value is -0.790. The Kier molecular flexibility index (Phi) is 7.17. The molecule has 0 saturated heterocycles. The molecule has 0 rings (SSSR count). The first kappa shape index (κ1) is 13.2. The van der Waals surface area contributed by atoms with E-state index in [0.717, 1.165) is 0 Å². The lowest BCUT2D eigenvalue weighted by Crippen LogP contribution is -2.37. The third-order valence-electron chi connectivity index (χ3n) is 1.63. The zero-order valence-corrected chi connectivity index (χ0v) is 7.75. The van der Waals surface area contributed by atoms with Crippen LogP contribution in [0.25, 0.3) is 0 Å². The number of amides is 1. The maximum Gasteiger partial charge on any atom is 0.251 e. The first-order chi connectivity index (χ1) is 6.60. The molecule has 5 nitrogen and oxygen atoms in total. The second kappa shape index (κ2) is 7.60. The first-order valence-electron chi connectivity index (χ1n) is 4.21. The molecule has 0 unspecified atom stereocenters. The lowest BCUT2D eigenvalue weighted by atomic mass is 10.3. The summed E-state index contributed by atoms with van der Waals surface area (Å²) in [6.07, 6.45) is -2.43. The summed E-state index contributed by atoms with van der Waals surface area (Å²) in [4.78, 5) is 12.0. The van der Waals surface area contributed by atoms with E-state index in [9.17, 15) is 13.6 Å². The van der Waals surface area contributed by atoms with E-state index in [1.54, 1.807) is 0 Å². The largest absolute Gasteiger partial charge is 0.395 e. The summed E-state index contributed by atoms with van der Waals surface area (Å²) in [5.41, 5.74) is 1.90. The Bertz CT molecular complexity index is 169. The molecular formula is C7H15F2N3O2. The third-order valence-corrected chi connectivity index (χ3v) is 1.63. The molecule has 0 heterocycles. The molecule has 84 valence electrons. The summed E-state index contributed by atoms with van der Waals surface area (Å²) in [7, 11) is 0. The molecule has 0 aliphatic rings. The van der Waals surface area contributed by atoms with Crippen LogP contribution in [0.4, 0.5) is 8.78 Å². The van der Waals surface area contributed by atoms with E-state index >= 15 is 0 Å². The van der Waals surface area contributed by atoms with Crippen molar-refractivity contribution in [2.24, 2.45) is 5.84 Å². The highest BCUT2D eigenvalue weighted by Gasteiger charge is 2.12. The van der Waals surface area contributed by atoms with Crippen molar-refractivity contribution >= 4 is 5.91 Å². The second-order valence-electron chi connectivity index (χ2n) is 2.73. The fourth-order valence-corrected chi connectivity index (χ4v) is 0.963. The molecule has 0 aromatic rings. The fourth-order valence-electron chi connectivity index (χ4n) is 0.963. The minimum atomic E-state index is -2.47. The smallest absolute Gasteiger partial charge is 0.251 e. The summed E-state index contributed by atoms with van der Waals surface area (Å²) in [5, 5.41) is 8.56. The Morgan fingerprint density at radius 2 is 2.14 bits per heavy atom. The lowest BCUT2D eigenvalue weighted by molar-refractivity contribution is -0.121. The van der Waals surface area contributed by atoms with Gasteiger partial charge in [-0.3, -0.25) is 15.1 Å². The average Bonchev–Trinajstić information content (AvgIpc) is 2.13. The molecule has 1 amide bonds. The van der Waals surface area contributed by atoms with Gasteiger partial charge >= 0.3 is 0 Å². The van der Waals surface area contributed by atoms with Crippen LogP contribution in [0.2, 0.25) is 0 Å². The van der Waals surface area contributed by atoms with Crippen molar-refractivity contribution in [3.05, 3.63) is 0 Å². The number of aliphatic hydroxyl groups is 1. The molecule has 0 bridgehead atoms. The third kappa shape index (κ3) is 6.70. The number of carbonyl (C=O) groups excluding carboxylic acids is 1. The van der Waals surface area contributed by atoms with Crippen LogP contribution in [-0.4, -0.2) is 48.6 Å². The summed E-state index contributed by atoms with van der Waals surface area (Å²) < 4.78 is 23.9.